The average molecular weight is 215 g/mol. The Kier molecular flexibility index (Phi) is 2.72. The number of benzene rings is 1. The molecule has 0 spiro atoms. The molecular formula is C12H13N3O. The van der Waals surface area contributed by atoms with Gasteiger partial charge in [0.05, 0.1) is 0 Å². The monoisotopic (exact) mass is 215 g/mol. The highest BCUT2D eigenvalue weighted by atomic mass is 16.5. The van der Waals surface area contributed by atoms with Gasteiger partial charge in [0, 0.05) is 23.0 Å². The van der Waals surface area contributed by atoms with Gasteiger partial charge in [-0.15, -0.1) is 0 Å². The van der Waals surface area contributed by atoms with Crippen molar-refractivity contribution in [3.05, 3.63) is 41.9 Å². The molecule has 0 atom stereocenters. The van der Waals surface area contributed by atoms with Crippen LogP contribution in [0.5, 0.6) is 11.6 Å². The second kappa shape index (κ2) is 4.18. The second-order valence-corrected chi connectivity index (χ2v) is 3.57. The third-order valence-corrected chi connectivity index (χ3v) is 2.32. The summed E-state index contributed by atoms with van der Waals surface area (Å²) in [4.78, 5) is 8.04. The lowest BCUT2D eigenvalue weighted by molar-refractivity contribution is 0.457. The Morgan fingerprint density at radius 3 is 2.75 bits per heavy atom. The normalized spacial score (nSPS) is 10.1. The minimum atomic E-state index is 0.529. The summed E-state index contributed by atoms with van der Waals surface area (Å²) in [6, 6.07) is 7.34. The van der Waals surface area contributed by atoms with Crippen LogP contribution in [0.4, 0.5) is 5.69 Å². The van der Waals surface area contributed by atoms with E-state index in [2.05, 4.69) is 9.97 Å². The van der Waals surface area contributed by atoms with Gasteiger partial charge in [-0.3, -0.25) is 0 Å². The molecule has 1 aromatic heterocycles. The Balaban J connectivity index is 2.31. The van der Waals surface area contributed by atoms with Gasteiger partial charge in [-0.1, -0.05) is 6.07 Å². The summed E-state index contributed by atoms with van der Waals surface area (Å²) in [6.07, 6.45) is 1.48. The number of nitrogens with two attached hydrogens (primary N) is 1. The first-order chi connectivity index (χ1) is 7.66. The lowest BCUT2D eigenvalue weighted by Gasteiger charge is -2.09. The Labute approximate surface area is 94.1 Å². The smallest absolute Gasteiger partial charge is 0.222 e. The van der Waals surface area contributed by atoms with Crippen LogP contribution in [0.3, 0.4) is 0 Å². The maximum atomic E-state index is 5.79. The van der Waals surface area contributed by atoms with Gasteiger partial charge in [0.1, 0.15) is 12.1 Å². The highest BCUT2D eigenvalue weighted by Crippen LogP contribution is 2.26. The third-order valence-electron chi connectivity index (χ3n) is 2.32. The molecule has 0 aliphatic rings. The zero-order chi connectivity index (χ0) is 11.5. The first kappa shape index (κ1) is 10.4. The molecule has 0 aliphatic heterocycles. The molecule has 82 valence electrons. The predicted molar refractivity (Wildman–Crippen MR) is 62.4 cm³/mol. The first-order valence-corrected chi connectivity index (χ1v) is 4.98. The van der Waals surface area contributed by atoms with Gasteiger partial charge in [0.15, 0.2) is 0 Å². The van der Waals surface area contributed by atoms with Crippen molar-refractivity contribution in [2.24, 2.45) is 0 Å². The first-order valence-electron chi connectivity index (χ1n) is 4.98. The number of aryl methyl sites for hydroxylation is 1. The molecule has 0 saturated heterocycles. The lowest BCUT2D eigenvalue weighted by Crippen LogP contribution is -1.95. The zero-order valence-electron chi connectivity index (χ0n) is 9.27. The molecule has 0 amide bonds. The van der Waals surface area contributed by atoms with Crippen molar-refractivity contribution in [3.8, 4) is 11.6 Å². The van der Waals surface area contributed by atoms with Crippen LogP contribution in [-0.2, 0) is 0 Å². The quantitative estimate of drug-likeness (QED) is 0.782. The van der Waals surface area contributed by atoms with E-state index in [1.807, 2.05) is 32.0 Å². The summed E-state index contributed by atoms with van der Waals surface area (Å²) < 4.78 is 5.64. The summed E-state index contributed by atoms with van der Waals surface area (Å²) in [5, 5.41) is 0. The zero-order valence-corrected chi connectivity index (χ0v) is 9.27. The summed E-state index contributed by atoms with van der Waals surface area (Å²) in [7, 11) is 0. The number of anilines is 1. The summed E-state index contributed by atoms with van der Waals surface area (Å²) >= 11 is 0. The van der Waals surface area contributed by atoms with Crippen molar-refractivity contribution in [1.82, 2.24) is 9.97 Å². The number of nitrogens with zero attached hydrogens (tertiary/aromatic N) is 2. The number of nitrogen functional groups attached to an aromatic ring is 1. The van der Waals surface area contributed by atoms with Crippen LogP contribution < -0.4 is 10.5 Å². The van der Waals surface area contributed by atoms with E-state index in [0.717, 1.165) is 17.0 Å². The number of aromatic nitrogens is 2. The van der Waals surface area contributed by atoms with Crippen molar-refractivity contribution in [1.29, 1.82) is 0 Å². The van der Waals surface area contributed by atoms with Gasteiger partial charge in [0.25, 0.3) is 0 Å². The largest absolute Gasteiger partial charge is 0.439 e. The topological polar surface area (TPSA) is 61.0 Å². The number of hydrogen-bond donors (Lipinski definition) is 1. The predicted octanol–water partition coefficient (Wildman–Crippen LogP) is 2.47. The molecule has 1 aromatic carbocycles. The highest BCUT2D eigenvalue weighted by molar-refractivity contribution is 5.53. The molecule has 0 aliphatic carbocycles. The molecule has 4 heteroatoms. The minimum absolute atomic E-state index is 0.529. The van der Waals surface area contributed by atoms with Crippen molar-refractivity contribution in [2.75, 3.05) is 5.73 Å². The summed E-state index contributed by atoms with van der Waals surface area (Å²) in [5.41, 5.74) is 8.29. The van der Waals surface area contributed by atoms with E-state index < -0.39 is 0 Å². The Hall–Kier alpha value is -2.10. The summed E-state index contributed by atoms with van der Waals surface area (Å²) in [5.74, 6) is 1.25. The van der Waals surface area contributed by atoms with E-state index in [4.69, 9.17) is 10.5 Å². The summed E-state index contributed by atoms with van der Waals surface area (Å²) in [6.45, 7) is 3.81. The molecule has 4 nitrogen and oxygen atoms in total. The van der Waals surface area contributed by atoms with Gasteiger partial charge in [-0.2, -0.15) is 0 Å². The molecule has 0 saturated carbocycles. The molecule has 2 rings (SSSR count). The molecule has 2 N–H and O–H groups in total. The van der Waals surface area contributed by atoms with E-state index in [1.165, 1.54) is 6.33 Å². The SMILES string of the molecule is Cc1cc(Oc2cccc(N)c2C)ncn1. The van der Waals surface area contributed by atoms with Gasteiger partial charge in [-0.25, -0.2) is 9.97 Å². The van der Waals surface area contributed by atoms with Crippen LogP contribution in [0.25, 0.3) is 0 Å². The molecule has 1 heterocycles. The minimum Gasteiger partial charge on any atom is -0.439 e. The van der Waals surface area contributed by atoms with Crippen molar-refractivity contribution in [2.45, 2.75) is 13.8 Å². The molecule has 0 radical (unpaired) electrons. The maximum Gasteiger partial charge on any atom is 0.222 e. The van der Waals surface area contributed by atoms with Crippen LogP contribution in [-0.4, -0.2) is 9.97 Å². The Bertz CT molecular complexity index is 511. The standard InChI is InChI=1S/C12H13N3O/c1-8-6-12(15-7-14-8)16-11-5-3-4-10(13)9(11)2/h3-7H,13H2,1-2H3. The van der Waals surface area contributed by atoms with Crippen LogP contribution >= 0.6 is 0 Å². The van der Waals surface area contributed by atoms with Crippen molar-refractivity contribution < 1.29 is 4.74 Å². The molecule has 16 heavy (non-hydrogen) atoms. The van der Waals surface area contributed by atoms with Gasteiger partial charge in [-0.05, 0) is 26.0 Å². The molecule has 0 unspecified atom stereocenters. The molecular weight excluding hydrogens is 202 g/mol. The van der Waals surface area contributed by atoms with E-state index in [9.17, 15) is 0 Å². The van der Waals surface area contributed by atoms with E-state index in [0.29, 0.717) is 11.6 Å². The fourth-order valence-electron chi connectivity index (χ4n) is 1.34. The maximum absolute atomic E-state index is 5.79. The van der Waals surface area contributed by atoms with Crippen LogP contribution in [0.1, 0.15) is 11.3 Å². The second-order valence-electron chi connectivity index (χ2n) is 3.57. The van der Waals surface area contributed by atoms with Crippen LogP contribution in [0.15, 0.2) is 30.6 Å². The fraction of sp³-hybridized carbons (Fsp3) is 0.167. The van der Waals surface area contributed by atoms with Crippen molar-refractivity contribution >= 4 is 5.69 Å². The van der Waals surface area contributed by atoms with E-state index in [-0.39, 0.29) is 0 Å². The highest BCUT2D eigenvalue weighted by Gasteiger charge is 2.04. The molecule has 0 bridgehead atoms. The van der Waals surface area contributed by atoms with E-state index >= 15 is 0 Å². The lowest BCUT2D eigenvalue weighted by atomic mass is 10.2. The van der Waals surface area contributed by atoms with Gasteiger partial charge in [0.2, 0.25) is 5.88 Å². The number of hydrogen-bond acceptors (Lipinski definition) is 4. The van der Waals surface area contributed by atoms with Gasteiger partial charge >= 0.3 is 0 Å². The Morgan fingerprint density at radius 2 is 2.00 bits per heavy atom. The Morgan fingerprint density at radius 1 is 1.19 bits per heavy atom. The van der Waals surface area contributed by atoms with Gasteiger partial charge < -0.3 is 10.5 Å². The number of rotatable bonds is 2. The molecule has 0 fully saturated rings. The molecule has 2 aromatic rings. The van der Waals surface area contributed by atoms with Crippen molar-refractivity contribution in [3.63, 3.8) is 0 Å². The third kappa shape index (κ3) is 2.11. The van der Waals surface area contributed by atoms with Crippen LogP contribution in [0.2, 0.25) is 0 Å². The number of ether oxygens (including phenoxy) is 1. The average Bonchev–Trinajstić information content (AvgIpc) is 2.25. The fourth-order valence-corrected chi connectivity index (χ4v) is 1.34. The van der Waals surface area contributed by atoms with E-state index in [1.54, 1.807) is 6.07 Å². The van der Waals surface area contributed by atoms with Crippen LogP contribution in [0, 0.1) is 13.8 Å².